The Hall–Kier alpha value is -3.02. The molecule has 0 spiro atoms. The Labute approximate surface area is 140 Å². The van der Waals surface area contributed by atoms with E-state index in [1.807, 2.05) is 49.4 Å². The van der Waals surface area contributed by atoms with Gasteiger partial charge < -0.3 is 18.6 Å². The van der Waals surface area contributed by atoms with E-state index in [1.165, 1.54) is 0 Å². The van der Waals surface area contributed by atoms with E-state index in [-0.39, 0.29) is 6.61 Å². The van der Waals surface area contributed by atoms with E-state index in [2.05, 4.69) is 10.2 Å². The molecule has 1 aromatic heterocycles. The number of aromatic nitrogens is 2. The fraction of sp³-hybridized carbons (Fsp3) is 0.222. The molecule has 0 bridgehead atoms. The topological polar surface area (TPSA) is 66.6 Å². The summed E-state index contributed by atoms with van der Waals surface area (Å²) in [6.45, 7) is 2.14. The second-order valence-corrected chi connectivity index (χ2v) is 5.14. The molecule has 0 atom stereocenters. The molecular formula is C18H18N2O4. The van der Waals surface area contributed by atoms with E-state index in [4.69, 9.17) is 18.6 Å². The van der Waals surface area contributed by atoms with Crippen LogP contribution < -0.4 is 14.2 Å². The van der Waals surface area contributed by atoms with E-state index in [0.29, 0.717) is 29.0 Å². The van der Waals surface area contributed by atoms with Crippen LogP contribution in [0.2, 0.25) is 0 Å². The maximum absolute atomic E-state index is 5.72. The van der Waals surface area contributed by atoms with E-state index < -0.39 is 0 Å². The fourth-order valence-electron chi connectivity index (χ4n) is 2.28. The molecular weight excluding hydrogens is 308 g/mol. The summed E-state index contributed by atoms with van der Waals surface area (Å²) in [6.07, 6.45) is 0. The van der Waals surface area contributed by atoms with Crippen molar-refractivity contribution >= 4 is 0 Å². The normalized spacial score (nSPS) is 10.5. The van der Waals surface area contributed by atoms with Gasteiger partial charge in [0.2, 0.25) is 0 Å². The molecule has 0 aliphatic carbocycles. The summed E-state index contributed by atoms with van der Waals surface area (Å²) >= 11 is 0. The summed E-state index contributed by atoms with van der Waals surface area (Å²) in [4.78, 5) is 0. The van der Waals surface area contributed by atoms with Crippen LogP contribution in [0.4, 0.5) is 0 Å². The van der Waals surface area contributed by atoms with Crippen molar-refractivity contribution in [2.75, 3.05) is 14.2 Å². The smallest absolute Gasteiger partial charge is 0.254 e. The standard InChI is InChI=1S/C18H18N2O4/c1-12-8-9-15(16(10-12)22-3)23-11-17-19-20-18(24-17)13-6-4-5-7-14(13)21-2/h4-10H,11H2,1-3H3. The van der Waals surface area contributed by atoms with Crippen molar-refractivity contribution in [3.8, 4) is 28.7 Å². The molecule has 0 saturated carbocycles. The van der Waals surface area contributed by atoms with Crippen LogP contribution in [0.5, 0.6) is 17.2 Å². The Morgan fingerprint density at radius 3 is 2.50 bits per heavy atom. The maximum Gasteiger partial charge on any atom is 0.254 e. The zero-order valence-electron chi connectivity index (χ0n) is 13.8. The van der Waals surface area contributed by atoms with Gasteiger partial charge in [-0.2, -0.15) is 0 Å². The van der Waals surface area contributed by atoms with E-state index in [1.54, 1.807) is 14.2 Å². The quantitative estimate of drug-likeness (QED) is 0.689. The van der Waals surface area contributed by atoms with Gasteiger partial charge in [0.05, 0.1) is 19.8 Å². The highest BCUT2D eigenvalue weighted by atomic mass is 16.5. The average Bonchev–Trinajstić information content (AvgIpc) is 3.09. The third-order valence-electron chi connectivity index (χ3n) is 3.47. The molecule has 0 aliphatic heterocycles. The number of hydrogen-bond acceptors (Lipinski definition) is 6. The van der Waals surface area contributed by atoms with E-state index >= 15 is 0 Å². The minimum Gasteiger partial charge on any atom is -0.496 e. The van der Waals surface area contributed by atoms with Crippen LogP contribution in [0.25, 0.3) is 11.5 Å². The monoisotopic (exact) mass is 326 g/mol. The van der Waals surface area contributed by atoms with Gasteiger partial charge in [0, 0.05) is 0 Å². The summed E-state index contributed by atoms with van der Waals surface area (Å²) in [5, 5.41) is 8.07. The number of rotatable bonds is 6. The maximum atomic E-state index is 5.72. The number of benzene rings is 2. The van der Waals surface area contributed by atoms with Gasteiger partial charge in [0.25, 0.3) is 11.8 Å². The Kier molecular flexibility index (Phi) is 4.65. The molecule has 0 radical (unpaired) electrons. The molecule has 1 heterocycles. The van der Waals surface area contributed by atoms with Crippen molar-refractivity contribution in [1.29, 1.82) is 0 Å². The molecule has 3 aromatic rings. The van der Waals surface area contributed by atoms with Crippen molar-refractivity contribution < 1.29 is 18.6 Å². The van der Waals surface area contributed by atoms with Crippen LogP contribution in [0.3, 0.4) is 0 Å². The van der Waals surface area contributed by atoms with Crippen molar-refractivity contribution in [2.24, 2.45) is 0 Å². The molecule has 6 heteroatoms. The zero-order chi connectivity index (χ0) is 16.9. The molecule has 124 valence electrons. The third kappa shape index (κ3) is 3.32. The van der Waals surface area contributed by atoms with E-state index in [0.717, 1.165) is 11.1 Å². The molecule has 6 nitrogen and oxygen atoms in total. The lowest BCUT2D eigenvalue weighted by atomic mass is 10.2. The molecule has 2 aromatic carbocycles. The SMILES string of the molecule is COc1cc(C)ccc1OCc1nnc(-c2ccccc2OC)o1. The van der Waals surface area contributed by atoms with Crippen LogP contribution in [0, 0.1) is 6.92 Å². The molecule has 0 fully saturated rings. The summed E-state index contributed by atoms with van der Waals surface area (Å²) < 4.78 is 22.0. The van der Waals surface area contributed by atoms with Crippen LogP contribution in [-0.2, 0) is 6.61 Å². The van der Waals surface area contributed by atoms with Gasteiger partial charge in [-0.3, -0.25) is 0 Å². The van der Waals surface area contributed by atoms with Crippen molar-refractivity contribution in [1.82, 2.24) is 10.2 Å². The van der Waals surface area contributed by atoms with Gasteiger partial charge >= 0.3 is 0 Å². The lowest BCUT2D eigenvalue weighted by Gasteiger charge is -2.09. The number of aryl methyl sites for hydroxylation is 1. The Morgan fingerprint density at radius 2 is 1.71 bits per heavy atom. The lowest BCUT2D eigenvalue weighted by Crippen LogP contribution is -1.98. The predicted octanol–water partition coefficient (Wildman–Crippen LogP) is 3.64. The Morgan fingerprint density at radius 1 is 0.917 bits per heavy atom. The Bertz CT molecular complexity index is 829. The van der Waals surface area contributed by atoms with Gasteiger partial charge in [0.1, 0.15) is 5.75 Å². The van der Waals surface area contributed by atoms with Gasteiger partial charge in [-0.1, -0.05) is 18.2 Å². The predicted molar refractivity (Wildman–Crippen MR) is 88.3 cm³/mol. The van der Waals surface area contributed by atoms with Gasteiger partial charge in [-0.15, -0.1) is 10.2 Å². The summed E-state index contributed by atoms with van der Waals surface area (Å²) in [6, 6.07) is 13.2. The molecule has 24 heavy (non-hydrogen) atoms. The first-order valence-electron chi connectivity index (χ1n) is 7.44. The molecule has 0 amide bonds. The molecule has 0 saturated heterocycles. The van der Waals surface area contributed by atoms with Gasteiger partial charge in [0.15, 0.2) is 18.1 Å². The van der Waals surface area contributed by atoms with Crippen molar-refractivity contribution in [3.05, 3.63) is 53.9 Å². The summed E-state index contributed by atoms with van der Waals surface area (Å²) in [5.41, 5.74) is 1.84. The molecule has 3 rings (SSSR count). The van der Waals surface area contributed by atoms with Gasteiger partial charge in [-0.05, 0) is 36.8 Å². The third-order valence-corrected chi connectivity index (χ3v) is 3.47. The Balaban J connectivity index is 1.75. The second-order valence-electron chi connectivity index (χ2n) is 5.14. The molecule has 0 unspecified atom stereocenters. The fourth-order valence-corrected chi connectivity index (χ4v) is 2.28. The summed E-state index contributed by atoms with van der Waals surface area (Å²) in [7, 11) is 3.21. The summed E-state index contributed by atoms with van der Waals surface area (Å²) in [5.74, 6) is 2.73. The first kappa shape index (κ1) is 15.9. The number of ether oxygens (including phenoxy) is 3. The second kappa shape index (κ2) is 7.04. The average molecular weight is 326 g/mol. The van der Waals surface area contributed by atoms with Gasteiger partial charge in [-0.25, -0.2) is 0 Å². The number of nitrogens with zero attached hydrogens (tertiary/aromatic N) is 2. The highest BCUT2D eigenvalue weighted by Gasteiger charge is 2.14. The minimum atomic E-state index is 0.154. The van der Waals surface area contributed by atoms with E-state index in [9.17, 15) is 0 Å². The first-order valence-corrected chi connectivity index (χ1v) is 7.44. The number of hydrogen-bond donors (Lipinski definition) is 0. The zero-order valence-corrected chi connectivity index (χ0v) is 13.8. The highest BCUT2D eigenvalue weighted by molar-refractivity contribution is 5.62. The number of para-hydroxylation sites is 1. The van der Waals surface area contributed by atoms with Crippen molar-refractivity contribution in [2.45, 2.75) is 13.5 Å². The molecule has 0 N–H and O–H groups in total. The largest absolute Gasteiger partial charge is 0.496 e. The van der Waals surface area contributed by atoms with Crippen LogP contribution in [-0.4, -0.2) is 24.4 Å². The highest BCUT2D eigenvalue weighted by Crippen LogP contribution is 2.30. The number of methoxy groups -OCH3 is 2. The van der Waals surface area contributed by atoms with Crippen LogP contribution >= 0.6 is 0 Å². The van der Waals surface area contributed by atoms with Crippen LogP contribution in [0.15, 0.2) is 46.9 Å². The lowest BCUT2D eigenvalue weighted by molar-refractivity contribution is 0.251. The molecule has 0 aliphatic rings. The van der Waals surface area contributed by atoms with Crippen molar-refractivity contribution in [3.63, 3.8) is 0 Å². The van der Waals surface area contributed by atoms with Crippen LogP contribution in [0.1, 0.15) is 11.5 Å². The first-order chi connectivity index (χ1) is 11.7. The minimum absolute atomic E-state index is 0.154.